The van der Waals surface area contributed by atoms with Gasteiger partial charge in [0.15, 0.2) is 9.84 Å². The minimum absolute atomic E-state index is 0.0652. The smallest absolute Gasteiger partial charge is 0.277 e. The first-order chi connectivity index (χ1) is 12.8. The van der Waals surface area contributed by atoms with E-state index in [0.29, 0.717) is 16.8 Å². The summed E-state index contributed by atoms with van der Waals surface area (Å²) >= 11 is 0. The van der Waals surface area contributed by atoms with Gasteiger partial charge in [0.2, 0.25) is 0 Å². The molecule has 1 amide bonds. The number of nitrogens with one attached hydrogen (secondary N) is 2. The maximum Gasteiger partial charge on any atom is 0.277 e. The van der Waals surface area contributed by atoms with Crippen LogP contribution in [0, 0.1) is 0 Å². The van der Waals surface area contributed by atoms with Gasteiger partial charge in [-0.3, -0.25) is 14.6 Å². The molecule has 2 heterocycles. The number of carbonyl (C=O) groups excluding carboxylic acids is 1. The minimum Gasteiger partial charge on any atom is -0.348 e. The Kier molecular flexibility index (Phi) is 5.13. The molecule has 8 nitrogen and oxygen atoms in total. The van der Waals surface area contributed by atoms with Crippen molar-refractivity contribution in [3.63, 3.8) is 0 Å². The average molecular weight is 384 g/mol. The largest absolute Gasteiger partial charge is 0.348 e. The second-order valence-electron chi connectivity index (χ2n) is 5.83. The molecular weight excluding hydrogens is 368 g/mol. The summed E-state index contributed by atoms with van der Waals surface area (Å²) in [5.41, 5.74) is 1.20. The van der Waals surface area contributed by atoms with E-state index in [0.717, 1.165) is 6.26 Å². The van der Waals surface area contributed by atoms with E-state index >= 15 is 0 Å². The van der Waals surface area contributed by atoms with Gasteiger partial charge in [0, 0.05) is 30.8 Å². The van der Waals surface area contributed by atoms with Gasteiger partial charge in [-0.25, -0.2) is 13.5 Å². The van der Waals surface area contributed by atoms with Gasteiger partial charge >= 0.3 is 0 Å². The van der Waals surface area contributed by atoms with Crippen LogP contribution in [0.4, 0.5) is 0 Å². The molecule has 9 heteroatoms. The van der Waals surface area contributed by atoms with Crippen molar-refractivity contribution < 1.29 is 13.2 Å². The van der Waals surface area contributed by atoms with Gasteiger partial charge in [0.25, 0.3) is 11.5 Å². The van der Waals surface area contributed by atoms with E-state index in [-0.39, 0.29) is 17.0 Å². The SMILES string of the molecule is CS(=O)(=O)c1ccc(CNC(=O)c2cc(-c3ccncc3)n[nH]c2=O)cc1. The molecule has 0 saturated carbocycles. The Morgan fingerprint density at radius 2 is 1.78 bits per heavy atom. The van der Waals surface area contributed by atoms with Gasteiger partial charge in [0.1, 0.15) is 5.56 Å². The summed E-state index contributed by atoms with van der Waals surface area (Å²) in [4.78, 5) is 28.4. The number of hydrogen-bond donors (Lipinski definition) is 2. The zero-order chi connectivity index (χ0) is 19.4. The maximum absolute atomic E-state index is 12.4. The highest BCUT2D eigenvalue weighted by Gasteiger charge is 2.13. The molecule has 0 bridgehead atoms. The number of aromatic amines is 1. The molecular formula is C18H16N4O4S. The van der Waals surface area contributed by atoms with E-state index < -0.39 is 21.3 Å². The quantitative estimate of drug-likeness (QED) is 0.681. The van der Waals surface area contributed by atoms with E-state index in [4.69, 9.17) is 0 Å². The zero-order valence-corrected chi connectivity index (χ0v) is 15.2. The van der Waals surface area contributed by atoms with Crippen LogP contribution in [0.2, 0.25) is 0 Å². The molecule has 27 heavy (non-hydrogen) atoms. The molecule has 0 atom stereocenters. The molecule has 0 spiro atoms. The van der Waals surface area contributed by atoms with Gasteiger partial charge in [-0.2, -0.15) is 5.10 Å². The monoisotopic (exact) mass is 384 g/mol. The Hall–Kier alpha value is -3.33. The van der Waals surface area contributed by atoms with Gasteiger partial charge in [-0.15, -0.1) is 0 Å². The Morgan fingerprint density at radius 1 is 1.11 bits per heavy atom. The summed E-state index contributed by atoms with van der Waals surface area (Å²) in [6.07, 6.45) is 4.30. The summed E-state index contributed by atoms with van der Waals surface area (Å²) in [7, 11) is -3.27. The number of aromatic nitrogens is 3. The van der Waals surface area contributed by atoms with E-state index in [1.165, 1.54) is 18.2 Å². The van der Waals surface area contributed by atoms with Gasteiger partial charge in [-0.1, -0.05) is 12.1 Å². The van der Waals surface area contributed by atoms with Crippen molar-refractivity contribution in [2.24, 2.45) is 0 Å². The highest BCUT2D eigenvalue weighted by molar-refractivity contribution is 7.90. The first-order valence-electron chi connectivity index (χ1n) is 7.92. The molecule has 3 rings (SSSR count). The van der Waals surface area contributed by atoms with E-state index in [1.54, 1.807) is 36.7 Å². The number of hydrogen-bond acceptors (Lipinski definition) is 6. The summed E-state index contributed by atoms with van der Waals surface area (Å²) in [6, 6.07) is 11.0. The fraction of sp³-hybridized carbons (Fsp3) is 0.111. The Balaban J connectivity index is 1.76. The third-order valence-corrected chi connectivity index (χ3v) is 4.96. The van der Waals surface area contributed by atoms with Crippen molar-refractivity contribution in [3.8, 4) is 11.3 Å². The van der Waals surface area contributed by atoms with Gasteiger partial charge in [-0.05, 0) is 35.9 Å². The molecule has 0 saturated heterocycles. The Morgan fingerprint density at radius 3 is 2.41 bits per heavy atom. The lowest BCUT2D eigenvalue weighted by atomic mass is 10.1. The number of amides is 1. The molecule has 0 unspecified atom stereocenters. The fourth-order valence-corrected chi connectivity index (χ4v) is 3.01. The second kappa shape index (κ2) is 7.50. The molecule has 0 fully saturated rings. The van der Waals surface area contributed by atoms with Crippen molar-refractivity contribution in [3.05, 3.63) is 76.3 Å². The van der Waals surface area contributed by atoms with E-state index in [2.05, 4.69) is 20.5 Å². The lowest BCUT2D eigenvalue weighted by Crippen LogP contribution is -2.29. The summed E-state index contributed by atoms with van der Waals surface area (Å²) in [5, 5.41) is 8.90. The van der Waals surface area contributed by atoms with Crippen LogP contribution in [0.15, 0.2) is 64.5 Å². The van der Waals surface area contributed by atoms with Crippen molar-refractivity contribution in [1.29, 1.82) is 0 Å². The predicted molar refractivity (Wildman–Crippen MR) is 98.8 cm³/mol. The topological polar surface area (TPSA) is 122 Å². The molecule has 3 aromatic rings. The molecule has 0 radical (unpaired) electrons. The van der Waals surface area contributed by atoms with Crippen LogP contribution < -0.4 is 10.9 Å². The first kappa shape index (κ1) is 18.5. The van der Waals surface area contributed by atoms with E-state index in [9.17, 15) is 18.0 Å². The number of pyridine rings is 1. The van der Waals surface area contributed by atoms with Gasteiger partial charge < -0.3 is 5.32 Å². The van der Waals surface area contributed by atoms with Gasteiger partial charge in [0.05, 0.1) is 10.6 Å². The number of H-pyrrole nitrogens is 1. The number of carbonyl (C=O) groups is 1. The standard InChI is InChI=1S/C18H16N4O4S/c1-27(25,26)14-4-2-12(3-5-14)11-20-17(23)15-10-16(21-22-18(15)24)13-6-8-19-9-7-13/h2-10H,11H2,1H3,(H,20,23)(H,22,24). The number of sulfone groups is 1. The fourth-order valence-electron chi connectivity index (χ4n) is 2.38. The van der Waals surface area contributed by atoms with Crippen LogP contribution in [-0.4, -0.2) is 35.8 Å². The zero-order valence-electron chi connectivity index (χ0n) is 14.3. The summed E-state index contributed by atoms with van der Waals surface area (Å²) in [6.45, 7) is 0.148. The second-order valence-corrected chi connectivity index (χ2v) is 7.85. The predicted octanol–water partition coefficient (Wildman–Crippen LogP) is 1.17. The number of rotatable bonds is 5. The van der Waals surface area contributed by atoms with Crippen LogP contribution >= 0.6 is 0 Å². The summed E-state index contributed by atoms with van der Waals surface area (Å²) < 4.78 is 22.9. The van der Waals surface area contributed by atoms with Crippen molar-refractivity contribution in [2.45, 2.75) is 11.4 Å². The third kappa shape index (κ3) is 4.45. The van der Waals surface area contributed by atoms with Crippen molar-refractivity contribution >= 4 is 15.7 Å². The Labute approximate surface area is 155 Å². The molecule has 0 aliphatic rings. The molecule has 1 aromatic carbocycles. The third-order valence-electron chi connectivity index (χ3n) is 3.83. The van der Waals surface area contributed by atoms with Crippen LogP contribution in [0.3, 0.4) is 0 Å². The number of benzene rings is 1. The molecule has 2 aromatic heterocycles. The highest BCUT2D eigenvalue weighted by Crippen LogP contribution is 2.14. The lowest BCUT2D eigenvalue weighted by molar-refractivity contribution is 0.0949. The van der Waals surface area contributed by atoms with Crippen molar-refractivity contribution in [1.82, 2.24) is 20.5 Å². The lowest BCUT2D eigenvalue weighted by Gasteiger charge is -2.07. The van der Waals surface area contributed by atoms with Crippen LogP contribution in [-0.2, 0) is 16.4 Å². The van der Waals surface area contributed by atoms with Crippen LogP contribution in [0.25, 0.3) is 11.3 Å². The minimum atomic E-state index is -3.27. The summed E-state index contributed by atoms with van der Waals surface area (Å²) in [5.74, 6) is -0.554. The normalized spacial score (nSPS) is 11.1. The van der Waals surface area contributed by atoms with Crippen LogP contribution in [0.5, 0.6) is 0 Å². The molecule has 138 valence electrons. The first-order valence-corrected chi connectivity index (χ1v) is 9.81. The highest BCUT2D eigenvalue weighted by atomic mass is 32.2. The number of nitrogens with zero attached hydrogens (tertiary/aromatic N) is 2. The van der Waals surface area contributed by atoms with Crippen LogP contribution in [0.1, 0.15) is 15.9 Å². The van der Waals surface area contributed by atoms with E-state index in [1.807, 2.05) is 0 Å². The Bertz CT molecular complexity index is 1120. The maximum atomic E-state index is 12.4. The molecule has 0 aliphatic heterocycles. The molecule has 0 aliphatic carbocycles. The average Bonchev–Trinajstić information content (AvgIpc) is 2.67. The van der Waals surface area contributed by atoms with Crippen molar-refractivity contribution in [2.75, 3.05) is 6.26 Å². The molecule has 2 N–H and O–H groups in total.